The van der Waals surface area contributed by atoms with Crippen LogP contribution >= 0.6 is 0 Å². The van der Waals surface area contributed by atoms with Crippen LogP contribution in [0.1, 0.15) is 0 Å². The molecule has 2 heterocycles. The Hall–Kier alpha value is -1.85. The van der Waals surface area contributed by atoms with Gasteiger partial charge in [-0.2, -0.15) is 9.61 Å². The van der Waals surface area contributed by atoms with Gasteiger partial charge >= 0.3 is 0 Å². The summed E-state index contributed by atoms with van der Waals surface area (Å²) in [5, 5.41) is 3.97. The maximum atomic E-state index is 5.65. The number of fused-ring (bicyclic) bond motifs is 1. The molecule has 0 unspecified atom stereocenters. The normalized spacial score (nSPS) is 11.1. The molecule has 0 bridgehead atoms. The van der Waals surface area contributed by atoms with Crippen molar-refractivity contribution >= 4 is 23.0 Å². The van der Waals surface area contributed by atoms with Crippen LogP contribution in [-0.2, 0) is 7.05 Å². The van der Waals surface area contributed by atoms with Crippen LogP contribution in [0.3, 0.4) is 0 Å². The van der Waals surface area contributed by atoms with Gasteiger partial charge in [0, 0.05) is 7.05 Å². The summed E-state index contributed by atoms with van der Waals surface area (Å²) in [7, 11) is 1.79. The van der Waals surface area contributed by atoms with Crippen molar-refractivity contribution in [2.45, 2.75) is 0 Å². The molecule has 6 heteroatoms. The summed E-state index contributed by atoms with van der Waals surface area (Å²) in [5.41, 5.74) is 18.2. The van der Waals surface area contributed by atoms with E-state index in [4.69, 9.17) is 17.2 Å². The van der Waals surface area contributed by atoms with Crippen LogP contribution in [0.15, 0.2) is 6.20 Å². The lowest BCUT2D eigenvalue weighted by atomic mass is 10.5. The molecule has 0 aliphatic heterocycles. The van der Waals surface area contributed by atoms with Crippen molar-refractivity contribution < 1.29 is 0 Å². The number of hydrogen-bond acceptors (Lipinski definition) is 4. The van der Waals surface area contributed by atoms with Gasteiger partial charge in [-0.15, -0.1) is 0 Å². The lowest BCUT2D eigenvalue weighted by molar-refractivity contribution is 0.935. The Bertz CT molecular complexity index is 436. The Morgan fingerprint density at radius 1 is 1.25 bits per heavy atom. The molecule has 0 fully saturated rings. The number of hydrogen-bond donors (Lipinski definition) is 3. The average molecular weight is 166 g/mol. The van der Waals surface area contributed by atoms with E-state index in [1.807, 2.05) is 0 Å². The Labute approximate surface area is 68.5 Å². The minimum Gasteiger partial charge on any atom is -0.394 e. The van der Waals surface area contributed by atoms with Crippen molar-refractivity contribution in [2.75, 3.05) is 17.2 Å². The van der Waals surface area contributed by atoms with Crippen LogP contribution in [0, 0.1) is 0 Å². The minimum absolute atomic E-state index is 0.421. The summed E-state index contributed by atoms with van der Waals surface area (Å²) >= 11 is 0. The fraction of sp³-hybridized carbons (Fsp3) is 0.167. The van der Waals surface area contributed by atoms with Crippen LogP contribution in [-0.4, -0.2) is 14.2 Å². The molecule has 2 rings (SSSR count). The summed E-state index contributed by atoms with van der Waals surface area (Å²) in [6.07, 6.45) is 1.55. The molecule has 0 aromatic carbocycles. The highest BCUT2D eigenvalue weighted by atomic mass is 15.3. The Balaban J connectivity index is 3.01. The van der Waals surface area contributed by atoms with Gasteiger partial charge in [0.25, 0.3) is 0 Å². The highest BCUT2D eigenvalue weighted by molar-refractivity contribution is 5.74. The summed E-state index contributed by atoms with van der Waals surface area (Å²) < 4.78 is 3.22. The van der Waals surface area contributed by atoms with Crippen molar-refractivity contribution in [3.63, 3.8) is 0 Å². The smallest absolute Gasteiger partial charge is 0.168 e. The zero-order valence-electron chi connectivity index (χ0n) is 6.65. The molecule has 6 N–H and O–H groups in total. The van der Waals surface area contributed by atoms with Crippen molar-refractivity contribution in [3.8, 4) is 0 Å². The third-order valence-corrected chi connectivity index (χ3v) is 1.94. The van der Waals surface area contributed by atoms with E-state index < -0.39 is 0 Å². The zero-order valence-corrected chi connectivity index (χ0v) is 6.65. The molecule has 2 aromatic rings. The number of nitrogens with two attached hydrogens (primary N) is 3. The molecule has 12 heavy (non-hydrogen) atoms. The summed E-state index contributed by atoms with van der Waals surface area (Å²) in [5.74, 6) is 0.897. The molecular formula is C6H10N6. The van der Waals surface area contributed by atoms with E-state index in [1.54, 1.807) is 17.8 Å². The van der Waals surface area contributed by atoms with E-state index in [9.17, 15) is 0 Å². The third-order valence-electron chi connectivity index (χ3n) is 1.94. The van der Waals surface area contributed by atoms with Gasteiger partial charge in [-0.05, 0) is 0 Å². The standard InChI is InChI=1S/C6H10N6/c1-11-4(8)5(9)12-6(11)3(7)2-10-12/h2H,7-9H2,1H3. The van der Waals surface area contributed by atoms with E-state index in [-0.39, 0.29) is 0 Å². The van der Waals surface area contributed by atoms with Crippen molar-refractivity contribution in [2.24, 2.45) is 7.05 Å². The van der Waals surface area contributed by atoms with Crippen LogP contribution in [0.2, 0.25) is 0 Å². The highest BCUT2D eigenvalue weighted by Gasteiger charge is 2.12. The third kappa shape index (κ3) is 0.565. The van der Waals surface area contributed by atoms with Crippen molar-refractivity contribution in [1.29, 1.82) is 0 Å². The predicted octanol–water partition coefficient (Wildman–Crippen LogP) is -0.581. The molecule has 0 radical (unpaired) electrons. The van der Waals surface area contributed by atoms with Crippen molar-refractivity contribution in [3.05, 3.63) is 6.20 Å². The van der Waals surface area contributed by atoms with E-state index in [0.717, 1.165) is 5.65 Å². The molecule has 0 aliphatic carbocycles. The summed E-state index contributed by atoms with van der Waals surface area (Å²) in [6, 6.07) is 0. The first kappa shape index (κ1) is 6.84. The topological polar surface area (TPSA) is 100 Å². The number of anilines is 3. The van der Waals surface area contributed by atoms with Crippen LogP contribution in [0.25, 0.3) is 5.65 Å². The summed E-state index contributed by atoms with van der Waals surface area (Å²) in [4.78, 5) is 0. The van der Waals surface area contributed by atoms with Gasteiger partial charge < -0.3 is 21.8 Å². The van der Waals surface area contributed by atoms with Gasteiger partial charge in [-0.25, -0.2) is 0 Å². The minimum atomic E-state index is 0.421. The van der Waals surface area contributed by atoms with Crippen LogP contribution in [0.5, 0.6) is 0 Å². The van der Waals surface area contributed by atoms with Gasteiger partial charge in [-0.1, -0.05) is 0 Å². The molecule has 0 aliphatic rings. The molecule has 6 nitrogen and oxygen atoms in total. The second-order valence-electron chi connectivity index (χ2n) is 2.66. The number of nitrogen functional groups attached to an aromatic ring is 3. The summed E-state index contributed by atoms with van der Waals surface area (Å²) in [6.45, 7) is 0. The molecule has 0 amide bonds. The first-order valence-corrected chi connectivity index (χ1v) is 3.45. The van der Waals surface area contributed by atoms with Crippen molar-refractivity contribution in [1.82, 2.24) is 14.2 Å². The van der Waals surface area contributed by atoms with Gasteiger partial charge in [0.1, 0.15) is 5.82 Å². The molecule has 64 valence electrons. The quantitative estimate of drug-likeness (QED) is 0.487. The second-order valence-corrected chi connectivity index (χ2v) is 2.66. The van der Waals surface area contributed by atoms with E-state index in [0.29, 0.717) is 17.3 Å². The van der Waals surface area contributed by atoms with Gasteiger partial charge in [0.05, 0.1) is 11.9 Å². The Kier molecular flexibility index (Phi) is 1.05. The first-order valence-electron chi connectivity index (χ1n) is 3.45. The molecule has 0 spiro atoms. The van der Waals surface area contributed by atoms with Gasteiger partial charge in [-0.3, -0.25) is 0 Å². The lowest BCUT2D eigenvalue weighted by Gasteiger charge is -1.95. The molecule has 0 saturated heterocycles. The van der Waals surface area contributed by atoms with E-state index >= 15 is 0 Å². The maximum Gasteiger partial charge on any atom is 0.168 e. The lowest BCUT2D eigenvalue weighted by Crippen LogP contribution is -1.99. The SMILES string of the molecule is Cn1c(N)c(N)n2ncc(N)c12. The van der Waals surface area contributed by atoms with Crippen LogP contribution < -0.4 is 17.2 Å². The monoisotopic (exact) mass is 166 g/mol. The Morgan fingerprint density at radius 2 is 1.92 bits per heavy atom. The van der Waals surface area contributed by atoms with Gasteiger partial charge in [0.15, 0.2) is 11.5 Å². The first-order chi connectivity index (χ1) is 5.63. The number of aromatic nitrogens is 3. The number of aryl methyl sites for hydroxylation is 1. The average Bonchev–Trinajstić information content (AvgIpc) is 2.51. The van der Waals surface area contributed by atoms with E-state index in [1.165, 1.54) is 4.52 Å². The maximum absolute atomic E-state index is 5.65. The number of imidazole rings is 1. The largest absolute Gasteiger partial charge is 0.394 e. The fourth-order valence-electron chi connectivity index (χ4n) is 1.26. The predicted molar refractivity (Wildman–Crippen MR) is 47.4 cm³/mol. The van der Waals surface area contributed by atoms with Gasteiger partial charge in [0.2, 0.25) is 0 Å². The van der Waals surface area contributed by atoms with Crippen LogP contribution in [0.4, 0.5) is 17.3 Å². The molecule has 2 aromatic heterocycles. The Morgan fingerprint density at radius 3 is 2.50 bits per heavy atom. The number of rotatable bonds is 0. The fourth-order valence-corrected chi connectivity index (χ4v) is 1.26. The number of nitrogens with zero attached hydrogens (tertiary/aromatic N) is 3. The highest BCUT2D eigenvalue weighted by Crippen LogP contribution is 2.23. The molecule has 0 atom stereocenters. The second kappa shape index (κ2) is 1.84. The molecule has 0 saturated carbocycles. The van der Waals surface area contributed by atoms with E-state index in [2.05, 4.69) is 5.10 Å². The molecular weight excluding hydrogens is 156 g/mol. The zero-order chi connectivity index (χ0) is 8.88.